The Bertz CT molecular complexity index is 882. The molecule has 0 saturated heterocycles. The maximum atomic E-state index is 12.2. The highest BCUT2D eigenvalue weighted by Gasteiger charge is 2.20. The van der Waals surface area contributed by atoms with Crippen LogP contribution in [0.1, 0.15) is 24.5 Å². The summed E-state index contributed by atoms with van der Waals surface area (Å²) in [6.45, 7) is 4.37. The summed E-state index contributed by atoms with van der Waals surface area (Å²) >= 11 is 0.831. The third-order valence-corrected chi connectivity index (χ3v) is 6.74. The summed E-state index contributed by atoms with van der Waals surface area (Å²) in [7, 11) is -3.70. The molecule has 0 fully saturated rings. The zero-order chi connectivity index (χ0) is 18.6. The van der Waals surface area contributed by atoms with Crippen LogP contribution in [0.4, 0.5) is 5.13 Å². The molecule has 0 radical (unpaired) electrons. The maximum Gasteiger partial charge on any atom is 0.269 e. The van der Waals surface area contributed by atoms with E-state index in [0.717, 1.165) is 37.4 Å². The highest BCUT2D eigenvalue weighted by atomic mass is 32.2. The van der Waals surface area contributed by atoms with E-state index in [-0.39, 0.29) is 15.4 Å². The van der Waals surface area contributed by atoms with Crippen LogP contribution in [0.2, 0.25) is 0 Å². The molecule has 1 aromatic carbocycles. The van der Waals surface area contributed by atoms with Crippen molar-refractivity contribution in [2.45, 2.75) is 30.6 Å². The molecule has 8 nitrogen and oxygen atoms in total. The molecule has 0 atom stereocenters. The largest absolute Gasteiger partial charge is 0.301 e. The van der Waals surface area contributed by atoms with Crippen molar-refractivity contribution in [2.24, 2.45) is 0 Å². The molecule has 1 aliphatic heterocycles. The second-order valence-corrected chi connectivity index (χ2v) is 9.02. The molecule has 1 aliphatic rings. The van der Waals surface area contributed by atoms with Gasteiger partial charge in [-0.1, -0.05) is 35.6 Å². The molecule has 1 amide bonds. The number of hydrogen-bond donors (Lipinski definition) is 2. The van der Waals surface area contributed by atoms with Crippen LogP contribution in [0.15, 0.2) is 28.6 Å². The Balaban J connectivity index is 1.46. The number of nitrogens with zero attached hydrogens (tertiary/aromatic N) is 3. The predicted octanol–water partition coefficient (Wildman–Crippen LogP) is 1.22. The van der Waals surface area contributed by atoms with Gasteiger partial charge in [-0.3, -0.25) is 9.69 Å². The fourth-order valence-electron chi connectivity index (χ4n) is 2.84. The fourth-order valence-corrected chi connectivity index (χ4v) is 4.90. The third-order valence-electron chi connectivity index (χ3n) is 4.07. The number of aromatic nitrogens is 2. The number of hydrogen-bond acceptors (Lipinski definition) is 7. The van der Waals surface area contributed by atoms with Crippen LogP contribution in [0.3, 0.4) is 0 Å². The molecule has 0 aliphatic carbocycles. The minimum atomic E-state index is -3.70. The lowest BCUT2D eigenvalue weighted by Gasteiger charge is -2.28. The van der Waals surface area contributed by atoms with Gasteiger partial charge in [0.25, 0.3) is 10.0 Å². The van der Waals surface area contributed by atoms with Crippen LogP contribution < -0.4 is 10.0 Å². The molecule has 0 saturated carbocycles. The van der Waals surface area contributed by atoms with Crippen molar-refractivity contribution in [3.8, 4) is 0 Å². The van der Waals surface area contributed by atoms with Crippen LogP contribution in [-0.4, -0.2) is 49.1 Å². The van der Waals surface area contributed by atoms with Crippen molar-refractivity contribution in [3.05, 3.63) is 35.4 Å². The molecule has 1 aromatic heterocycles. The summed E-state index contributed by atoms with van der Waals surface area (Å²) in [5, 5.41) is 9.88. The average Bonchev–Trinajstić information content (AvgIpc) is 3.07. The van der Waals surface area contributed by atoms with Crippen LogP contribution >= 0.6 is 11.3 Å². The number of anilines is 1. The summed E-state index contributed by atoms with van der Waals surface area (Å²) in [6.07, 6.45) is 1.73. The van der Waals surface area contributed by atoms with E-state index in [9.17, 15) is 13.2 Å². The van der Waals surface area contributed by atoms with Gasteiger partial charge in [0.1, 0.15) is 0 Å². The number of carbonyl (C=O) groups is 1. The van der Waals surface area contributed by atoms with Gasteiger partial charge in [0, 0.05) is 26.6 Å². The van der Waals surface area contributed by atoms with E-state index < -0.39 is 10.0 Å². The molecule has 2 heterocycles. The minimum Gasteiger partial charge on any atom is -0.301 e. The number of sulfonamides is 1. The fraction of sp³-hybridized carbons (Fsp3) is 0.438. The van der Waals surface area contributed by atoms with E-state index in [1.807, 2.05) is 6.07 Å². The zero-order valence-corrected chi connectivity index (χ0v) is 16.1. The molecular formula is C16H21N5O3S2. The second-order valence-electron chi connectivity index (χ2n) is 6.10. The van der Waals surface area contributed by atoms with Gasteiger partial charge in [-0.05, 0) is 30.5 Å². The lowest BCUT2D eigenvalue weighted by atomic mass is 10.00. The molecule has 3 rings (SSSR count). The SMILES string of the molecule is CC(=O)Nc1nnc(S(=O)(=O)NCCCN2CCc3ccccc3C2)s1. The smallest absolute Gasteiger partial charge is 0.269 e. The molecular weight excluding hydrogens is 374 g/mol. The number of rotatable bonds is 7. The van der Waals surface area contributed by atoms with Crippen LogP contribution in [0, 0.1) is 0 Å². The first-order valence-corrected chi connectivity index (χ1v) is 10.6. The summed E-state index contributed by atoms with van der Waals surface area (Å²) < 4.78 is 26.8. The number of amides is 1. The van der Waals surface area contributed by atoms with Gasteiger partial charge < -0.3 is 5.32 Å². The van der Waals surface area contributed by atoms with Gasteiger partial charge in [0.15, 0.2) is 0 Å². The molecule has 0 bridgehead atoms. The van der Waals surface area contributed by atoms with Crippen LogP contribution in [-0.2, 0) is 27.8 Å². The van der Waals surface area contributed by atoms with Gasteiger partial charge in [0.2, 0.25) is 15.4 Å². The number of carbonyl (C=O) groups excluding carboxylic acids is 1. The maximum absolute atomic E-state index is 12.2. The van der Waals surface area contributed by atoms with Crippen molar-refractivity contribution in [2.75, 3.05) is 25.0 Å². The van der Waals surface area contributed by atoms with Gasteiger partial charge in [-0.15, -0.1) is 10.2 Å². The quantitative estimate of drug-likeness (QED) is 0.540. The number of nitrogens with one attached hydrogen (secondary N) is 2. The Labute approximate surface area is 156 Å². The van der Waals surface area contributed by atoms with Gasteiger partial charge in [-0.25, -0.2) is 13.1 Å². The summed E-state index contributed by atoms with van der Waals surface area (Å²) in [5.74, 6) is -0.318. The zero-order valence-electron chi connectivity index (χ0n) is 14.4. The molecule has 2 aromatic rings. The molecule has 2 N–H and O–H groups in total. The number of benzene rings is 1. The van der Waals surface area contributed by atoms with Gasteiger partial charge >= 0.3 is 0 Å². The standard InChI is InChI=1S/C16H21N5O3S2/c1-12(22)18-15-19-20-16(25-15)26(23,24)17-8-4-9-21-10-7-13-5-2-3-6-14(13)11-21/h2-3,5-6,17H,4,7-11H2,1H3,(H,18,19,22). The Kier molecular flexibility index (Phi) is 5.97. The summed E-state index contributed by atoms with van der Waals surface area (Å²) in [4.78, 5) is 13.3. The highest BCUT2D eigenvalue weighted by Crippen LogP contribution is 2.20. The van der Waals surface area contributed by atoms with Gasteiger partial charge in [0.05, 0.1) is 0 Å². The monoisotopic (exact) mass is 395 g/mol. The van der Waals surface area contributed by atoms with Crippen molar-refractivity contribution < 1.29 is 13.2 Å². The topological polar surface area (TPSA) is 104 Å². The molecule has 10 heteroatoms. The normalized spacial score (nSPS) is 14.8. The second kappa shape index (κ2) is 8.21. The Hall–Kier alpha value is -1.88. The van der Waals surface area contributed by atoms with Crippen LogP contribution in [0.5, 0.6) is 0 Å². The van der Waals surface area contributed by atoms with E-state index in [2.05, 4.69) is 43.3 Å². The van der Waals surface area contributed by atoms with E-state index >= 15 is 0 Å². The summed E-state index contributed by atoms with van der Waals surface area (Å²) in [5.41, 5.74) is 2.74. The van der Waals surface area contributed by atoms with Gasteiger partial charge in [-0.2, -0.15) is 0 Å². The first kappa shape index (κ1) is 18.9. The first-order chi connectivity index (χ1) is 12.4. The predicted molar refractivity (Wildman–Crippen MR) is 99.4 cm³/mol. The molecule has 0 unspecified atom stereocenters. The van der Waals surface area contributed by atoms with Crippen molar-refractivity contribution in [1.29, 1.82) is 0 Å². The van der Waals surface area contributed by atoms with E-state index in [0.29, 0.717) is 13.0 Å². The van der Waals surface area contributed by atoms with Crippen molar-refractivity contribution in [3.63, 3.8) is 0 Å². The Morgan fingerprint density at radius 2 is 2.04 bits per heavy atom. The molecule has 140 valence electrons. The average molecular weight is 396 g/mol. The lowest BCUT2D eigenvalue weighted by Crippen LogP contribution is -2.33. The minimum absolute atomic E-state index is 0.145. The molecule has 26 heavy (non-hydrogen) atoms. The van der Waals surface area contributed by atoms with Crippen LogP contribution in [0.25, 0.3) is 0 Å². The van der Waals surface area contributed by atoms with E-state index in [1.54, 1.807) is 0 Å². The molecule has 0 spiro atoms. The third kappa shape index (κ3) is 4.85. The lowest BCUT2D eigenvalue weighted by molar-refractivity contribution is -0.114. The van der Waals surface area contributed by atoms with E-state index in [1.165, 1.54) is 18.1 Å². The first-order valence-electron chi connectivity index (χ1n) is 8.34. The van der Waals surface area contributed by atoms with E-state index in [4.69, 9.17) is 0 Å². The number of fused-ring (bicyclic) bond motifs is 1. The van der Waals surface area contributed by atoms with Crippen molar-refractivity contribution >= 4 is 32.4 Å². The Morgan fingerprint density at radius 1 is 1.27 bits per heavy atom. The Morgan fingerprint density at radius 3 is 2.81 bits per heavy atom. The highest BCUT2D eigenvalue weighted by molar-refractivity contribution is 7.91. The summed E-state index contributed by atoms with van der Waals surface area (Å²) in [6, 6.07) is 8.42. The van der Waals surface area contributed by atoms with Crippen molar-refractivity contribution in [1.82, 2.24) is 19.8 Å².